The lowest BCUT2D eigenvalue weighted by atomic mass is 10.1. The number of nitrogens with one attached hydrogen (secondary N) is 2. The predicted molar refractivity (Wildman–Crippen MR) is 111 cm³/mol. The Bertz CT molecular complexity index is 1100. The van der Waals surface area contributed by atoms with Gasteiger partial charge in [-0.3, -0.25) is 19.9 Å². The maximum atomic E-state index is 12.8. The summed E-state index contributed by atoms with van der Waals surface area (Å²) in [5.41, 5.74) is 2.24. The molecule has 0 saturated carbocycles. The van der Waals surface area contributed by atoms with Gasteiger partial charge in [0, 0.05) is 5.39 Å². The van der Waals surface area contributed by atoms with Crippen LogP contribution in [0.5, 0.6) is 0 Å². The summed E-state index contributed by atoms with van der Waals surface area (Å²) in [6, 6.07) is 9.88. The standard InChI is InChI=1S/C21H24N6O2/c1-4-14(5-2)27-16(6-3)15(12-22-27)20(28)24-21-23-19(25-26-21)18-11-13-9-7-8-10-17(13)29-18/h7-12,14H,4-6H2,1-3H3,(H2,23,24,25,26,28). The highest BCUT2D eigenvalue weighted by atomic mass is 16.3. The van der Waals surface area contributed by atoms with E-state index in [-0.39, 0.29) is 17.9 Å². The molecule has 0 atom stereocenters. The van der Waals surface area contributed by atoms with E-state index in [1.165, 1.54) is 0 Å². The summed E-state index contributed by atoms with van der Waals surface area (Å²) < 4.78 is 7.75. The molecule has 3 aromatic heterocycles. The number of furan rings is 1. The van der Waals surface area contributed by atoms with Crippen LogP contribution in [0.1, 0.15) is 55.7 Å². The van der Waals surface area contributed by atoms with Gasteiger partial charge in [0.1, 0.15) is 5.58 Å². The molecule has 29 heavy (non-hydrogen) atoms. The highest BCUT2D eigenvalue weighted by Gasteiger charge is 2.21. The van der Waals surface area contributed by atoms with E-state index >= 15 is 0 Å². The van der Waals surface area contributed by atoms with Crippen LogP contribution in [-0.4, -0.2) is 30.9 Å². The van der Waals surface area contributed by atoms with Gasteiger partial charge in [0.05, 0.1) is 23.5 Å². The van der Waals surface area contributed by atoms with Crippen molar-refractivity contribution in [2.75, 3.05) is 5.32 Å². The Morgan fingerprint density at radius 2 is 2.03 bits per heavy atom. The smallest absolute Gasteiger partial charge is 0.261 e. The number of fused-ring (bicyclic) bond motifs is 1. The normalized spacial score (nSPS) is 11.4. The molecule has 3 heterocycles. The minimum absolute atomic E-state index is 0.197. The van der Waals surface area contributed by atoms with Gasteiger partial charge in [-0.25, -0.2) is 0 Å². The number of aromatic nitrogens is 5. The van der Waals surface area contributed by atoms with Gasteiger partial charge in [-0.1, -0.05) is 39.0 Å². The Morgan fingerprint density at radius 1 is 1.24 bits per heavy atom. The van der Waals surface area contributed by atoms with Crippen molar-refractivity contribution in [3.8, 4) is 11.6 Å². The lowest BCUT2D eigenvalue weighted by Gasteiger charge is -2.16. The molecule has 4 rings (SSSR count). The van der Waals surface area contributed by atoms with E-state index in [1.807, 2.05) is 41.9 Å². The van der Waals surface area contributed by atoms with Crippen molar-refractivity contribution in [3.63, 3.8) is 0 Å². The highest BCUT2D eigenvalue weighted by molar-refractivity contribution is 6.04. The Hall–Kier alpha value is -3.42. The van der Waals surface area contributed by atoms with E-state index in [9.17, 15) is 4.79 Å². The molecular formula is C21H24N6O2. The number of amides is 1. The molecule has 0 aliphatic rings. The van der Waals surface area contributed by atoms with Crippen molar-refractivity contribution in [2.24, 2.45) is 0 Å². The van der Waals surface area contributed by atoms with Crippen LogP contribution in [0.2, 0.25) is 0 Å². The minimum atomic E-state index is -0.269. The van der Waals surface area contributed by atoms with E-state index in [2.05, 4.69) is 39.4 Å². The van der Waals surface area contributed by atoms with Gasteiger partial charge in [-0.05, 0) is 31.4 Å². The summed E-state index contributed by atoms with van der Waals surface area (Å²) in [5, 5.41) is 15.1. The quantitative estimate of drug-likeness (QED) is 0.479. The van der Waals surface area contributed by atoms with Crippen LogP contribution in [0.25, 0.3) is 22.6 Å². The minimum Gasteiger partial charge on any atom is -0.453 e. The predicted octanol–water partition coefficient (Wildman–Crippen LogP) is 4.59. The summed E-state index contributed by atoms with van der Waals surface area (Å²) in [7, 11) is 0. The molecule has 0 aliphatic heterocycles. The Labute approximate surface area is 168 Å². The van der Waals surface area contributed by atoms with E-state index in [4.69, 9.17) is 4.42 Å². The maximum Gasteiger partial charge on any atom is 0.261 e. The second kappa shape index (κ2) is 7.90. The van der Waals surface area contributed by atoms with Gasteiger partial charge in [0.2, 0.25) is 5.95 Å². The molecule has 0 aliphatic carbocycles. The fraction of sp³-hybridized carbons (Fsp3) is 0.333. The SMILES string of the molecule is CCc1c(C(=O)Nc2n[nH]c(-c3cc4ccccc4o3)n2)cnn1C(CC)CC. The Kier molecular flexibility index (Phi) is 5.16. The first-order valence-corrected chi connectivity index (χ1v) is 9.93. The third-order valence-corrected chi connectivity index (χ3v) is 5.14. The third kappa shape index (κ3) is 3.53. The first-order valence-electron chi connectivity index (χ1n) is 9.93. The number of anilines is 1. The molecule has 4 aromatic rings. The maximum absolute atomic E-state index is 12.8. The van der Waals surface area contributed by atoms with Crippen LogP contribution < -0.4 is 5.32 Å². The van der Waals surface area contributed by atoms with Crippen molar-refractivity contribution in [3.05, 3.63) is 47.8 Å². The molecule has 0 spiro atoms. The first kappa shape index (κ1) is 18.9. The summed E-state index contributed by atoms with van der Waals surface area (Å²) in [5.74, 6) is 0.951. The van der Waals surface area contributed by atoms with Crippen molar-refractivity contribution in [1.29, 1.82) is 0 Å². The first-order chi connectivity index (χ1) is 14.1. The number of H-pyrrole nitrogens is 1. The summed E-state index contributed by atoms with van der Waals surface area (Å²) >= 11 is 0. The lowest BCUT2D eigenvalue weighted by Crippen LogP contribution is -2.17. The zero-order valence-corrected chi connectivity index (χ0v) is 16.8. The number of nitrogens with zero attached hydrogens (tertiary/aromatic N) is 4. The van der Waals surface area contributed by atoms with E-state index in [1.54, 1.807) is 6.20 Å². The number of hydrogen-bond acceptors (Lipinski definition) is 5. The van der Waals surface area contributed by atoms with Crippen LogP contribution in [0.3, 0.4) is 0 Å². The second-order valence-electron chi connectivity index (χ2n) is 6.88. The molecule has 2 N–H and O–H groups in total. The molecule has 0 bridgehead atoms. The van der Waals surface area contributed by atoms with E-state index in [0.717, 1.165) is 35.9 Å². The molecule has 0 fully saturated rings. The number of hydrogen-bond donors (Lipinski definition) is 2. The number of benzene rings is 1. The van der Waals surface area contributed by atoms with Gasteiger partial charge in [0.15, 0.2) is 11.6 Å². The zero-order valence-electron chi connectivity index (χ0n) is 16.8. The fourth-order valence-electron chi connectivity index (χ4n) is 3.57. The number of para-hydroxylation sites is 1. The second-order valence-corrected chi connectivity index (χ2v) is 6.88. The zero-order chi connectivity index (χ0) is 20.4. The van der Waals surface area contributed by atoms with Crippen molar-refractivity contribution >= 4 is 22.8 Å². The summed E-state index contributed by atoms with van der Waals surface area (Å²) in [6.07, 6.45) is 4.28. The van der Waals surface area contributed by atoms with Gasteiger partial charge in [0.25, 0.3) is 5.91 Å². The van der Waals surface area contributed by atoms with Crippen LogP contribution in [0, 0.1) is 0 Å². The molecule has 1 amide bonds. The van der Waals surface area contributed by atoms with E-state index in [0.29, 0.717) is 17.1 Å². The van der Waals surface area contributed by atoms with Crippen molar-refractivity contribution in [1.82, 2.24) is 25.0 Å². The van der Waals surface area contributed by atoms with Crippen molar-refractivity contribution < 1.29 is 9.21 Å². The van der Waals surface area contributed by atoms with Gasteiger partial charge < -0.3 is 4.42 Å². The fourth-order valence-corrected chi connectivity index (χ4v) is 3.57. The largest absolute Gasteiger partial charge is 0.453 e. The molecule has 0 saturated heterocycles. The van der Waals surface area contributed by atoms with Crippen LogP contribution in [-0.2, 0) is 6.42 Å². The monoisotopic (exact) mass is 392 g/mol. The highest BCUT2D eigenvalue weighted by Crippen LogP contribution is 2.26. The van der Waals surface area contributed by atoms with E-state index < -0.39 is 0 Å². The average molecular weight is 392 g/mol. The molecule has 150 valence electrons. The number of carbonyl (C=O) groups excluding carboxylic acids is 1. The van der Waals surface area contributed by atoms with Crippen LogP contribution in [0.15, 0.2) is 40.9 Å². The Balaban J connectivity index is 1.55. The van der Waals surface area contributed by atoms with Crippen LogP contribution >= 0.6 is 0 Å². The van der Waals surface area contributed by atoms with Gasteiger partial charge in [-0.2, -0.15) is 10.1 Å². The molecule has 1 aromatic carbocycles. The molecule has 0 unspecified atom stereocenters. The van der Waals surface area contributed by atoms with Crippen LogP contribution in [0.4, 0.5) is 5.95 Å². The summed E-state index contributed by atoms with van der Waals surface area (Å²) in [4.78, 5) is 17.2. The van der Waals surface area contributed by atoms with Gasteiger partial charge in [-0.15, -0.1) is 5.10 Å². The number of carbonyl (C=O) groups is 1. The summed E-state index contributed by atoms with van der Waals surface area (Å²) in [6.45, 7) is 6.28. The average Bonchev–Trinajstić information content (AvgIpc) is 3.46. The molecular weight excluding hydrogens is 368 g/mol. The topological polar surface area (TPSA) is 102 Å². The molecule has 8 heteroatoms. The third-order valence-electron chi connectivity index (χ3n) is 5.14. The lowest BCUT2D eigenvalue weighted by molar-refractivity contribution is 0.102. The number of aromatic amines is 1. The van der Waals surface area contributed by atoms with Gasteiger partial charge >= 0.3 is 0 Å². The molecule has 8 nitrogen and oxygen atoms in total. The molecule has 0 radical (unpaired) electrons. The number of rotatable bonds is 7. The van der Waals surface area contributed by atoms with Crippen molar-refractivity contribution in [2.45, 2.75) is 46.1 Å². The Morgan fingerprint density at radius 3 is 2.76 bits per heavy atom.